The fourth-order valence-corrected chi connectivity index (χ4v) is 2.50. The van der Waals surface area contributed by atoms with Crippen molar-refractivity contribution in [3.63, 3.8) is 0 Å². The molecule has 18 heavy (non-hydrogen) atoms. The molecule has 0 aliphatic rings. The van der Waals surface area contributed by atoms with Crippen LogP contribution in [0.1, 0.15) is 30.6 Å². The highest BCUT2D eigenvalue weighted by atomic mass is 32.1. The second kappa shape index (κ2) is 5.05. The van der Waals surface area contributed by atoms with Gasteiger partial charge in [0.1, 0.15) is 5.69 Å². The fraction of sp³-hybridized carbons (Fsp3) is 0.167. The van der Waals surface area contributed by atoms with Crippen molar-refractivity contribution in [1.29, 1.82) is 0 Å². The molecule has 94 valence electrons. The smallest absolute Gasteiger partial charge is 0.286 e. The van der Waals surface area contributed by atoms with Gasteiger partial charge in [0.25, 0.3) is 11.8 Å². The van der Waals surface area contributed by atoms with Crippen molar-refractivity contribution < 1.29 is 9.59 Å². The van der Waals surface area contributed by atoms with Crippen LogP contribution in [0.2, 0.25) is 0 Å². The molecule has 0 bridgehead atoms. The summed E-state index contributed by atoms with van der Waals surface area (Å²) in [6.45, 7) is 3.81. The molecule has 2 heterocycles. The summed E-state index contributed by atoms with van der Waals surface area (Å²) in [6.07, 6.45) is 1.64. The number of nitrogens with one attached hydrogen (secondary N) is 3. The van der Waals surface area contributed by atoms with Gasteiger partial charge in [0.05, 0.1) is 5.56 Å². The number of thiophene rings is 1. The van der Waals surface area contributed by atoms with Gasteiger partial charge in [-0.25, -0.2) is 0 Å². The first-order valence-corrected chi connectivity index (χ1v) is 6.20. The number of hydrogen-bond acceptors (Lipinski definition) is 3. The van der Waals surface area contributed by atoms with Crippen LogP contribution in [0.5, 0.6) is 0 Å². The number of hydrazine groups is 1. The largest absolute Gasteiger partial charge is 0.357 e. The average molecular weight is 263 g/mol. The molecule has 0 atom stereocenters. The molecule has 0 saturated heterocycles. The highest BCUT2D eigenvalue weighted by molar-refractivity contribution is 7.12. The summed E-state index contributed by atoms with van der Waals surface area (Å²) in [7, 11) is 0. The van der Waals surface area contributed by atoms with Crippen LogP contribution in [0.4, 0.5) is 0 Å². The van der Waals surface area contributed by atoms with Crippen LogP contribution in [-0.2, 0) is 0 Å². The Kier molecular flexibility index (Phi) is 3.47. The monoisotopic (exact) mass is 263 g/mol. The summed E-state index contributed by atoms with van der Waals surface area (Å²) < 4.78 is 0. The number of aryl methyl sites for hydroxylation is 2. The number of hydrogen-bond donors (Lipinski definition) is 3. The Hall–Kier alpha value is -2.08. The summed E-state index contributed by atoms with van der Waals surface area (Å²) in [6, 6.07) is 5.14. The summed E-state index contributed by atoms with van der Waals surface area (Å²) >= 11 is 1.55. The molecular weight excluding hydrogens is 250 g/mol. The number of carbonyl (C=O) groups excluding carboxylic acids is 2. The van der Waals surface area contributed by atoms with E-state index in [1.807, 2.05) is 13.8 Å². The predicted molar refractivity (Wildman–Crippen MR) is 69.5 cm³/mol. The highest BCUT2D eigenvalue weighted by Crippen LogP contribution is 2.19. The van der Waals surface area contributed by atoms with Gasteiger partial charge in [-0.3, -0.25) is 20.4 Å². The van der Waals surface area contributed by atoms with E-state index < -0.39 is 0 Å². The van der Waals surface area contributed by atoms with Gasteiger partial charge in [0.2, 0.25) is 0 Å². The van der Waals surface area contributed by atoms with Gasteiger partial charge in [-0.15, -0.1) is 11.3 Å². The molecule has 0 fully saturated rings. The number of amides is 2. The van der Waals surface area contributed by atoms with E-state index in [9.17, 15) is 9.59 Å². The van der Waals surface area contributed by atoms with Crippen molar-refractivity contribution >= 4 is 23.2 Å². The lowest BCUT2D eigenvalue weighted by atomic mass is 10.2. The lowest BCUT2D eigenvalue weighted by Gasteiger charge is -2.05. The normalized spacial score (nSPS) is 10.1. The zero-order valence-corrected chi connectivity index (χ0v) is 10.9. The van der Waals surface area contributed by atoms with Crippen LogP contribution in [0.15, 0.2) is 24.4 Å². The molecule has 0 spiro atoms. The molecule has 0 aliphatic heterocycles. The number of carbonyl (C=O) groups is 2. The van der Waals surface area contributed by atoms with Crippen molar-refractivity contribution in [2.45, 2.75) is 13.8 Å². The molecule has 0 aliphatic carbocycles. The van der Waals surface area contributed by atoms with E-state index in [1.165, 1.54) is 0 Å². The molecule has 5 nitrogen and oxygen atoms in total. The molecule has 0 unspecified atom stereocenters. The Morgan fingerprint density at radius 3 is 2.50 bits per heavy atom. The minimum Gasteiger partial charge on any atom is -0.357 e. The third kappa shape index (κ3) is 2.60. The maximum atomic E-state index is 11.8. The van der Waals surface area contributed by atoms with Gasteiger partial charge in [0, 0.05) is 16.0 Å². The van der Waals surface area contributed by atoms with Gasteiger partial charge in [-0.1, -0.05) is 0 Å². The summed E-state index contributed by atoms with van der Waals surface area (Å²) in [5, 5.41) is 0. The molecule has 3 N–H and O–H groups in total. The molecule has 2 rings (SSSR count). The van der Waals surface area contributed by atoms with Crippen LogP contribution >= 0.6 is 11.3 Å². The molecule has 0 saturated carbocycles. The molecule has 2 aromatic rings. The van der Waals surface area contributed by atoms with Crippen molar-refractivity contribution in [3.05, 3.63) is 45.4 Å². The standard InChI is InChI=1S/C12H13N3O2S/c1-7-6-9(8(2)18-7)11(16)14-15-12(17)10-4-3-5-13-10/h3-6,13H,1-2H3,(H,14,16)(H,15,17). The zero-order chi connectivity index (χ0) is 13.1. The van der Waals surface area contributed by atoms with Crippen molar-refractivity contribution in [3.8, 4) is 0 Å². The van der Waals surface area contributed by atoms with Gasteiger partial charge in [-0.05, 0) is 32.0 Å². The summed E-state index contributed by atoms with van der Waals surface area (Å²) in [5.74, 6) is -0.685. The van der Waals surface area contributed by atoms with E-state index in [4.69, 9.17) is 0 Å². The number of rotatable bonds is 2. The lowest BCUT2D eigenvalue weighted by molar-refractivity contribution is 0.0844. The second-order valence-electron chi connectivity index (χ2n) is 3.82. The topological polar surface area (TPSA) is 74.0 Å². The number of aromatic amines is 1. The third-order valence-electron chi connectivity index (χ3n) is 2.42. The van der Waals surface area contributed by atoms with E-state index >= 15 is 0 Å². The zero-order valence-electron chi connectivity index (χ0n) is 10.0. The van der Waals surface area contributed by atoms with Crippen molar-refractivity contribution in [2.75, 3.05) is 0 Å². The van der Waals surface area contributed by atoms with E-state index in [-0.39, 0.29) is 11.8 Å². The van der Waals surface area contributed by atoms with E-state index in [2.05, 4.69) is 15.8 Å². The maximum absolute atomic E-state index is 11.8. The molecule has 2 amide bonds. The van der Waals surface area contributed by atoms with Gasteiger partial charge in [-0.2, -0.15) is 0 Å². The molecule has 0 aromatic carbocycles. The molecule has 2 aromatic heterocycles. The fourth-order valence-electron chi connectivity index (χ4n) is 1.58. The van der Waals surface area contributed by atoms with E-state index in [1.54, 1.807) is 35.7 Å². The minimum atomic E-state index is -0.377. The van der Waals surface area contributed by atoms with Crippen LogP contribution in [0, 0.1) is 13.8 Å². The lowest BCUT2D eigenvalue weighted by Crippen LogP contribution is -2.41. The van der Waals surface area contributed by atoms with E-state index in [0.29, 0.717) is 11.3 Å². The first-order valence-electron chi connectivity index (χ1n) is 5.39. The quantitative estimate of drug-likeness (QED) is 0.722. The van der Waals surface area contributed by atoms with Gasteiger partial charge >= 0.3 is 0 Å². The van der Waals surface area contributed by atoms with E-state index in [0.717, 1.165) is 9.75 Å². The van der Waals surface area contributed by atoms with Crippen LogP contribution in [0.3, 0.4) is 0 Å². The van der Waals surface area contributed by atoms with Crippen molar-refractivity contribution in [2.24, 2.45) is 0 Å². The predicted octanol–water partition coefficient (Wildman–Crippen LogP) is 1.77. The van der Waals surface area contributed by atoms with Crippen LogP contribution in [0.25, 0.3) is 0 Å². The van der Waals surface area contributed by atoms with Gasteiger partial charge in [0.15, 0.2) is 0 Å². The Labute approximate surface area is 108 Å². The third-order valence-corrected chi connectivity index (χ3v) is 3.38. The van der Waals surface area contributed by atoms with Crippen LogP contribution < -0.4 is 10.9 Å². The first-order chi connectivity index (χ1) is 8.58. The Balaban J connectivity index is 1.97. The van der Waals surface area contributed by atoms with Gasteiger partial charge < -0.3 is 4.98 Å². The van der Waals surface area contributed by atoms with Crippen molar-refractivity contribution in [1.82, 2.24) is 15.8 Å². The summed E-state index contributed by atoms with van der Waals surface area (Å²) in [4.78, 5) is 28.1. The summed E-state index contributed by atoms with van der Waals surface area (Å²) in [5.41, 5.74) is 5.73. The maximum Gasteiger partial charge on any atom is 0.286 e. The number of H-pyrrole nitrogens is 1. The Bertz CT molecular complexity index is 572. The average Bonchev–Trinajstić information content (AvgIpc) is 2.95. The second-order valence-corrected chi connectivity index (χ2v) is 5.28. The van der Waals surface area contributed by atoms with Crippen LogP contribution in [-0.4, -0.2) is 16.8 Å². The Morgan fingerprint density at radius 1 is 1.22 bits per heavy atom. The molecule has 6 heteroatoms. The first kappa shape index (κ1) is 12.4. The SMILES string of the molecule is Cc1cc(C(=O)NNC(=O)c2ccc[nH]2)c(C)s1. The Morgan fingerprint density at radius 2 is 1.94 bits per heavy atom. The minimum absolute atomic E-state index is 0.309. The highest BCUT2D eigenvalue weighted by Gasteiger charge is 2.13. The molecular formula is C12H13N3O2S. The number of aromatic nitrogens is 1. The molecule has 0 radical (unpaired) electrons.